The highest BCUT2D eigenvalue weighted by molar-refractivity contribution is 5.89. The normalized spacial score (nSPS) is 13.5. The summed E-state index contributed by atoms with van der Waals surface area (Å²) >= 11 is 0. The Labute approximate surface area is 182 Å². The largest absolute Gasteiger partial charge is 0.481 e. The van der Waals surface area contributed by atoms with E-state index in [9.17, 15) is 18.0 Å². The molecule has 3 N–H and O–H groups in total. The molecule has 8 nitrogen and oxygen atoms in total. The number of hydrogen-bond donors (Lipinski definition) is 3. The number of halogens is 3. The van der Waals surface area contributed by atoms with Gasteiger partial charge in [-0.05, 0) is 31.6 Å². The lowest BCUT2D eigenvalue weighted by molar-refractivity contribution is -0.137. The predicted molar refractivity (Wildman–Crippen MR) is 113 cm³/mol. The van der Waals surface area contributed by atoms with Crippen molar-refractivity contribution in [3.05, 3.63) is 65.3 Å². The molecule has 0 fully saturated rings. The highest BCUT2D eigenvalue weighted by Gasteiger charge is 2.36. The third-order valence-electron chi connectivity index (χ3n) is 4.51. The van der Waals surface area contributed by atoms with Gasteiger partial charge in [0.15, 0.2) is 0 Å². The number of methoxy groups -OCH3 is 1. The quantitative estimate of drug-likeness (QED) is 0.547. The minimum absolute atomic E-state index is 0.0585. The molecule has 0 bridgehead atoms. The van der Waals surface area contributed by atoms with Gasteiger partial charge in [-0.25, -0.2) is 9.97 Å². The first-order chi connectivity index (χ1) is 15.1. The maximum Gasteiger partial charge on any atom is 0.421 e. The molecular formula is C21H21F3N6O2. The number of hydrogen-bond acceptors (Lipinski definition) is 7. The van der Waals surface area contributed by atoms with Crippen LogP contribution in [-0.4, -0.2) is 28.0 Å². The van der Waals surface area contributed by atoms with E-state index in [0.29, 0.717) is 35.6 Å². The molecule has 168 valence electrons. The van der Waals surface area contributed by atoms with Crippen LogP contribution in [0.5, 0.6) is 5.88 Å². The minimum atomic E-state index is -4.69. The second kappa shape index (κ2) is 9.08. The van der Waals surface area contributed by atoms with Crippen LogP contribution >= 0.6 is 0 Å². The van der Waals surface area contributed by atoms with Crippen molar-refractivity contribution in [2.45, 2.75) is 26.4 Å². The van der Waals surface area contributed by atoms with E-state index in [1.54, 1.807) is 32.2 Å². The van der Waals surface area contributed by atoms with Crippen molar-refractivity contribution in [2.24, 2.45) is 0 Å². The van der Waals surface area contributed by atoms with Gasteiger partial charge in [-0.3, -0.25) is 4.79 Å². The summed E-state index contributed by atoms with van der Waals surface area (Å²) in [7, 11) is 1.45. The summed E-state index contributed by atoms with van der Waals surface area (Å²) in [6, 6.07) is 1.58. The number of rotatable bonds is 7. The number of ether oxygens (including phenoxy) is 1. The van der Waals surface area contributed by atoms with Crippen molar-refractivity contribution >= 4 is 23.4 Å². The number of aryl methyl sites for hydroxylation is 1. The number of nitrogens with zero attached hydrogens (tertiary/aromatic N) is 3. The van der Waals surface area contributed by atoms with Crippen molar-refractivity contribution < 1.29 is 22.7 Å². The summed E-state index contributed by atoms with van der Waals surface area (Å²) in [6.07, 6.45) is 0.621. The Morgan fingerprint density at radius 3 is 2.62 bits per heavy atom. The van der Waals surface area contributed by atoms with Crippen LogP contribution in [0.1, 0.15) is 24.5 Å². The average molecular weight is 446 g/mol. The maximum absolute atomic E-state index is 13.6. The van der Waals surface area contributed by atoms with Crippen molar-refractivity contribution in [1.29, 1.82) is 0 Å². The fraction of sp³-hybridized carbons (Fsp3) is 0.238. The van der Waals surface area contributed by atoms with Gasteiger partial charge in [-0.1, -0.05) is 12.2 Å². The van der Waals surface area contributed by atoms with Crippen LogP contribution in [0.3, 0.4) is 0 Å². The van der Waals surface area contributed by atoms with Gasteiger partial charge in [-0.2, -0.15) is 18.2 Å². The van der Waals surface area contributed by atoms with Crippen LogP contribution in [0.25, 0.3) is 0 Å². The molecule has 3 rings (SSSR count). The zero-order valence-electron chi connectivity index (χ0n) is 17.6. The van der Waals surface area contributed by atoms with E-state index >= 15 is 0 Å². The molecule has 1 aliphatic carbocycles. The number of anilines is 3. The molecule has 0 saturated heterocycles. The van der Waals surface area contributed by atoms with Gasteiger partial charge in [0.05, 0.1) is 18.5 Å². The highest BCUT2D eigenvalue weighted by atomic mass is 19.4. The topological polar surface area (TPSA) is 101 Å². The molecule has 2 aromatic heterocycles. The first-order valence-corrected chi connectivity index (χ1v) is 9.43. The molecule has 0 unspecified atom stereocenters. The summed E-state index contributed by atoms with van der Waals surface area (Å²) in [6.45, 7) is 6.95. The van der Waals surface area contributed by atoms with E-state index < -0.39 is 23.5 Å². The first-order valence-electron chi connectivity index (χ1n) is 9.43. The van der Waals surface area contributed by atoms with Crippen LogP contribution in [0.2, 0.25) is 0 Å². The smallest absolute Gasteiger partial charge is 0.421 e. The molecule has 1 amide bonds. The zero-order valence-corrected chi connectivity index (χ0v) is 17.6. The summed E-state index contributed by atoms with van der Waals surface area (Å²) in [5.41, 5.74) is 1.78. The Hall–Kier alpha value is -3.89. The Morgan fingerprint density at radius 1 is 1.22 bits per heavy atom. The molecule has 0 radical (unpaired) electrons. The molecule has 0 atom stereocenters. The Kier molecular flexibility index (Phi) is 6.47. The number of carbonyl (C=O) groups excluding carboxylic acids is 1. The predicted octanol–water partition coefficient (Wildman–Crippen LogP) is 4.23. The number of pyridine rings is 1. The number of amides is 1. The molecule has 0 saturated carbocycles. The SMILES string of the molecule is C=CC(=O)NC1=C(Nc2nc(Nc3cc(OC)ncc3C)ncc2C(F)(F)F)CC(C)=C1. The molecule has 32 heavy (non-hydrogen) atoms. The Bertz CT molecular complexity index is 1130. The third-order valence-corrected chi connectivity index (χ3v) is 4.51. The molecule has 2 heterocycles. The van der Waals surface area contributed by atoms with Gasteiger partial charge in [0.2, 0.25) is 17.7 Å². The first kappa shape index (κ1) is 22.8. The van der Waals surface area contributed by atoms with E-state index in [-0.39, 0.29) is 5.95 Å². The molecular weight excluding hydrogens is 425 g/mol. The van der Waals surface area contributed by atoms with Gasteiger partial charge in [0.25, 0.3) is 0 Å². The fourth-order valence-corrected chi connectivity index (χ4v) is 2.92. The number of aromatic nitrogens is 3. The van der Waals surface area contributed by atoms with Gasteiger partial charge < -0.3 is 20.7 Å². The van der Waals surface area contributed by atoms with Gasteiger partial charge in [0, 0.05) is 30.6 Å². The van der Waals surface area contributed by atoms with Crippen LogP contribution in [0, 0.1) is 6.92 Å². The van der Waals surface area contributed by atoms with Crippen LogP contribution in [0.15, 0.2) is 54.2 Å². The standard InChI is InChI=1S/C21H21F3N6O2/c1-5-17(31)27-15-6-11(2)7-16(15)28-19-13(21(22,23)24)10-26-20(30-19)29-14-8-18(32-4)25-9-12(14)3/h5-6,8-10H,1,7H2,2-4H3,(H,27,31)(H2,25,26,28,29,30). The lowest BCUT2D eigenvalue weighted by Gasteiger charge is -2.17. The van der Waals surface area contributed by atoms with Crippen molar-refractivity contribution in [3.8, 4) is 5.88 Å². The van der Waals surface area contributed by atoms with Gasteiger partial charge in [0.1, 0.15) is 11.4 Å². The monoisotopic (exact) mass is 446 g/mol. The molecule has 1 aliphatic rings. The van der Waals surface area contributed by atoms with E-state index in [0.717, 1.165) is 17.2 Å². The molecule has 11 heteroatoms. The molecule has 0 spiro atoms. The lowest BCUT2D eigenvalue weighted by atomic mass is 10.2. The maximum atomic E-state index is 13.6. The summed E-state index contributed by atoms with van der Waals surface area (Å²) in [5.74, 6) is -0.661. The van der Waals surface area contributed by atoms with Crippen molar-refractivity contribution in [3.63, 3.8) is 0 Å². The van der Waals surface area contributed by atoms with Crippen molar-refractivity contribution in [1.82, 2.24) is 20.3 Å². The van der Waals surface area contributed by atoms with E-state index in [1.165, 1.54) is 7.11 Å². The number of nitrogens with one attached hydrogen (secondary N) is 3. The van der Waals surface area contributed by atoms with E-state index in [2.05, 4.69) is 37.5 Å². The van der Waals surface area contributed by atoms with E-state index in [1.807, 2.05) is 0 Å². The molecule has 0 aromatic carbocycles. The molecule has 0 aliphatic heterocycles. The number of alkyl halides is 3. The fourth-order valence-electron chi connectivity index (χ4n) is 2.92. The molecule has 2 aromatic rings. The number of allylic oxidation sites excluding steroid dienone is 2. The van der Waals surface area contributed by atoms with Crippen LogP contribution in [-0.2, 0) is 11.0 Å². The summed E-state index contributed by atoms with van der Waals surface area (Å²) < 4.78 is 45.9. The second-order valence-electron chi connectivity index (χ2n) is 7.00. The lowest BCUT2D eigenvalue weighted by Crippen LogP contribution is -2.22. The van der Waals surface area contributed by atoms with Gasteiger partial charge in [-0.15, -0.1) is 0 Å². The summed E-state index contributed by atoms with van der Waals surface area (Å²) in [5, 5.41) is 8.19. The third kappa shape index (κ3) is 5.23. The average Bonchev–Trinajstić information content (AvgIpc) is 3.07. The summed E-state index contributed by atoms with van der Waals surface area (Å²) in [4.78, 5) is 23.6. The van der Waals surface area contributed by atoms with Crippen LogP contribution < -0.4 is 20.7 Å². The minimum Gasteiger partial charge on any atom is -0.481 e. The van der Waals surface area contributed by atoms with Crippen molar-refractivity contribution in [2.75, 3.05) is 17.7 Å². The van der Waals surface area contributed by atoms with Crippen LogP contribution in [0.4, 0.5) is 30.6 Å². The second-order valence-corrected chi connectivity index (χ2v) is 7.00. The zero-order chi connectivity index (χ0) is 23.5. The Morgan fingerprint density at radius 2 is 1.97 bits per heavy atom. The van der Waals surface area contributed by atoms with E-state index in [4.69, 9.17) is 4.74 Å². The van der Waals surface area contributed by atoms with Gasteiger partial charge >= 0.3 is 6.18 Å². The Balaban J connectivity index is 1.98. The highest BCUT2D eigenvalue weighted by Crippen LogP contribution is 2.36. The number of carbonyl (C=O) groups is 1.